The second-order valence-corrected chi connectivity index (χ2v) is 4.27. The molecule has 0 N–H and O–H groups in total. The Labute approximate surface area is 100 Å². The first kappa shape index (κ1) is 11.5. The summed E-state index contributed by atoms with van der Waals surface area (Å²) in [6.45, 7) is 6.28. The highest BCUT2D eigenvalue weighted by Crippen LogP contribution is 2.26. The van der Waals surface area contributed by atoms with E-state index in [-0.39, 0.29) is 5.92 Å². The zero-order valence-electron chi connectivity index (χ0n) is 10.2. The first-order valence-corrected chi connectivity index (χ1v) is 5.57. The van der Waals surface area contributed by atoms with E-state index in [1.54, 1.807) is 6.20 Å². The van der Waals surface area contributed by atoms with Crippen LogP contribution in [0.3, 0.4) is 0 Å². The minimum atomic E-state index is 0.165. The third kappa shape index (κ3) is 2.11. The number of hydrogen-bond acceptors (Lipinski definition) is 3. The van der Waals surface area contributed by atoms with Crippen LogP contribution in [0, 0.1) is 18.8 Å². The predicted octanol–water partition coefficient (Wildman–Crippen LogP) is 3.18. The molecule has 4 heteroatoms. The molecule has 0 aliphatic carbocycles. The smallest absolute Gasteiger partial charge is 0.120 e. The quantitative estimate of drug-likeness (QED) is 0.759. The standard InChI is InChI=1S/C13H15N3O/c1-9-5-4-6-12(10(9)2)11(3)13-7-16(15-17)8-14-13/h4-8,11H,1-3H3/t11-/m0/s1. The molecule has 4 nitrogen and oxygen atoms in total. The Morgan fingerprint density at radius 2 is 2.12 bits per heavy atom. The van der Waals surface area contributed by atoms with Gasteiger partial charge in [-0.2, -0.15) is 4.68 Å². The molecule has 0 spiro atoms. The van der Waals surface area contributed by atoms with Gasteiger partial charge in [-0.1, -0.05) is 25.1 Å². The summed E-state index contributed by atoms with van der Waals surface area (Å²) in [5.74, 6) is 0.165. The number of aromatic nitrogens is 2. The van der Waals surface area contributed by atoms with E-state index in [4.69, 9.17) is 0 Å². The maximum Gasteiger partial charge on any atom is 0.120 e. The van der Waals surface area contributed by atoms with E-state index in [0.717, 1.165) is 5.69 Å². The van der Waals surface area contributed by atoms with E-state index >= 15 is 0 Å². The Morgan fingerprint density at radius 1 is 1.35 bits per heavy atom. The number of imidazole rings is 1. The Balaban J connectivity index is 2.39. The lowest BCUT2D eigenvalue weighted by Gasteiger charge is -2.14. The second-order valence-electron chi connectivity index (χ2n) is 4.27. The Bertz CT molecular complexity index is 545. The van der Waals surface area contributed by atoms with Crippen molar-refractivity contribution in [2.75, 3.05) is 0 Å². The van der Waals surface area contributed by atoms with Crippen LogP contribution in [0.1, 0.15) is 35.2 Å². The summed E-state index contributed by atoms with van der Waals surface area (Å²) in [6.07, 6.45) is 3.10. The highest BCUT2D eigenvalue weighted by Gasteiger charge is 2.14. The summed E-state index contributed by atoms with van der Waals surface area (Å²) in [7, 11) is 0. The largest absolute Gasteiger partial charge is 0.239 e. The van der Waals surface area contributed by atoms with Crippen molar-refractivity contribution in [3.63, 3.8) is 0 Å². The fourth-order valence-electron chi connectivity index (χ4n) is 2.00. The molecule has 0 bridgehead atoms. The van der Waals surface area contributed by atoms with Crippen LogP contribution in [0.5, 0.6) is 0 Å². The molecule has 1 aromatic carbocycles. The van der Waals surface area contributed by atoms with Crippen LogP contribution in [0.4, 0.5) is 0 Å². The summed E-state index contributed by atoms with van der Waals surface area (Å²) in [5, 5.41) is 2.81. The molecule has 0 amide bonds. The third-order valence-corrected chi connectivity index (χ3v) is 3.24. The Morgan fingerprint density at radius 3 is 2.76 bits per heavy atom. The van der Waals surface area contributed by atoms with Gasteiger partial charge in [-0.15, -0.1) is 4.91 Å². The summed E-state index contributed by atoms with van der Waals surface area (Å²) in [5.41, 5.74) is 4.63. The van der Waals surface area contributed by atoms with Crippen molar-refractivity contribution in [1.82, 2.24) is 9.66 Å². The zero-order valence-corrected chi connectivity index (χ0v) is 10.2. The van der Waals surface area contributed by atoms with Crippen LogP contribution in [0.2, 0.25) is 0 Å². The Hall–Kier alpha value is -1.97. The molecule has 0 fully saturated rings. The molecular weight excluding hydrogens is 214 g/mol. The molecule has 0 aliphatic heterocycles. The number of nitroso groups, excluding NO2 is 1. The molecule has 0 saturated heterocycles. The van der Waals surface area contributed by atoms with Crippen LogP contribution in [-0.2, 0) is 0 Å². The molecular formula is C13H15N3O. The van der Waals surface area contributed by atoms with Crippen molar-refractivity contribution < 1.29 is 0 Å². The van der Waals surface area contributed by atoms with Gasteiger partial charge in [-0.25, -0.2) is 4.98 Å². The monoisotopic (exact) mass is 229 g/mol. The molecule has 0 radical (unpaired) electrons. The topological polar surface area (TPSA) is 47.2 Å². The van der Waals surface area contributed by atoms with Crippen molar-refractivity contribution in [1.29, 1.82) is 0 Å². The molecule has 1 aromatic heterocycles. The molecule has 0 saturated carbocycles. The van der Waals surface area contributed by atoms with E-state index in [0.29, 0.717) is 0 Å². The maximum atomic E-state index is 10.4. The average molecular weight is 229 g/mol. The molecule has 1 atom stereocenters. The average Bonchev–Trinajstić information content (AvgIpc) is 2.80. The van der Waals surface area contributed by atoms with E-state index in [9.17, 15) is 4.91 Å². The van der Waals surface area contributed by atoms with Crippen molar-refractivity contribution in [3.8, 4) is 0 Å². The van der Waals surface area contributed by atoms with E-state index in [1.807, 2.05) is 6.07 Å². The molecule has 88 valence electrons. The summed E-state index contributed by atoms with van der Waals surface area (Å²) < 4.78 is 1.19. The van der Waals surface area contributed by atoms with Crippen LogP contribution < -0.4 is 0 Å². The predicted molar refractivity (Wildman–Crippen MR) is 66.9 cm³/mol. The number of nitrogens with zero attached hydrogens (tertiary/aromatic N) is 3. The van der Waals surface area contributed by atoms with Crippen molar-refractivity contribution >= 4 is 0 Å². The molecule has 0 aliphatic rings. The third-order valence-electron chi connectivity index (χ3n) is 3.24. The van der Waals surface area contributed by atoms with Gasteiger partial charge in [-0.05, 0) is 30.5 Å². The van der Waals surface area contributed by atoms with Gasteiger partial charge in [0.2, 0.25) is 0 Å². The van der Waals surface area contributed by atoms with E-state index < -0.39 is 0 Å². The lowest BCUT2D eigenvalue weighted by atomic mass is 9.92. The van der Waals surface area contributed by atoms with Crippen LogP contribution in [0.25, 0.3) is 0 Å². The maximum absolute atomic E-state index is 10.4. The highest BCUT2D eigenvalue weighted by molar-refractivity contribution is 5.38. The normalized spacial score (nSPS) is 12.4. The van der Waals surface area contributed by atoms with Crippen molar-refractivity contribution in [2.24, 2.45) is 5.29 Å². The molecule has 2 rings (SSSR count). The number of rotatable bonds is 3. The highest BCUT2D eigenvalue weighted by atomic mass is 16.3. The first-order valence-electron chi connectivity index (χ1n) is 5.57. The number of benzene rings is 1. The van der Waals surface area contributed by atoms with Gasteiger partial charge in [-0.3, -0.25) is 0 Å². The fraction of sp³-hybridized carbons (Fsp3) is 0.308. The SMILES string of the molecule is Cc1cccc([C@H](C)c2cn(N=O)cn2)c1C. The molecule has 2 aromatic rings. The summed E-state index contributed by atoms with van der Waals surface area (Å²) >= 11 is 0. The molecule has 17 heavy (non-hydrogen) atoms. The summed E-state index contributed by atoms with van der Waals surface area (Å²) in [4.78, 5) is 14.6. The summed E-state index contributed by atoms with van der Waals surface area (Å²) in [6, 6.07) is 6.24. The van der Waals surface area contributed by atoms with E-state index in [2.05, 4.69) is 43.2 Å². The van der Waals surface area contributed by atoms with Crippen LogP contribution in [0.15, 0.2) is 36.0 Å². The van der Waals surface area contributed by atoms with Gasteiger partial charge in [0, 0.05) is 5.92 Å². The number of hydrogen-bond donors (Lipinski definition) is 0. The number of aryl methyl sites for hydroxylation is 1. The minimum Gasteiger partial charge on any atom is -0.239 e. The Kier molecular flexibility index (Phi) is 3.04. The van der Waals surface area contributed by atoms with Gasteiger partial charge in [0.25, 0.3) is 0 Å². The van der Waals surface area contributed by atoms with Gasteiger partial charge in [0.15, 0.2) is 0 Å². The molecule has 1 heterocycles. The minimum absolute atomic E-state index is 0.165. The van der Waals surface area contributed by atoms with Gasteiger partial charge < -0.3 is 0 Å². The van der Waals surface area contributed by atoms with Crippen LogP contribution >= 0.6 is 0 Å². The first-order chi connectivity index (χ1) is 8.13. The van der Waals surface area contributed by atoms with Crippen LogP contribution in [-0.4, -0.2) is 9.66 Å². The van der Waals surface area contributed by atoms with Crippen molar-refractivity contribution in [2.45, 2.75) is 26.7 Å². The van der Waals surface area contributed by atoms with E-state index in [1.165, 1.54) is 27.7 Å². The van der Waals surface area contributed by atoms with Crippen molar-refractivity contribution in [3.05, 3.63) is 58.0 Å². The van der Waals surface area contributed by atoms with Gasteiger partial charge >= 0.3 is 0 Å². The molecule has 0 unspecified atom stereocenters. The lowest BCUT2D eigenvalue weighted by Crippen LogP contribution is -2.00. The fourth-order valence-corrected chi connectivity index (χ4v) is 2.00. The van der Waals surface area contributed by atoms with Gasteiger partial charge in [0.05, 0.1) is 17.2 Å². The van der Waals surface area contributed by atoms with Gasteiger partial charge in [0.1, 0.15) is 6.33 Å². The zero-order chi connectivity index (χ0) is 12.4. The lowest BCUT2D eigenvalue weighted by molar-refractivity contribution is 0.850. The second kappa shape index (κ2) is 4.49.